The van der Waals surface area contributed by atoms with E-state index in [1.165, 1.54) is 12.3 Å². The molecule has 0 N–H and O–H groups in total. The number of nitrogens with zero attached hydrogens (tertiary/aromatic N) is 3. The Morgan fingerprint density at radius 3 is 2.40 bits per heavy atom. The highest BCUT2D eigenvalue weighted by Crippen LogP contribution is 2.36. The molecule has 0 saturated heterocycles. The van der Waals surface area contributed by atoms with Crippen LogP contribution in [0, 0.1) is 0 Å². The van der Waals surface area contributed by atoms with Gasteiger partial charge in [0.05, 0.1) is 16.8 Å². The quantitative estimate of drug-likeness (QED) is 0.679. The van der Waals surface area contributed by atoms with E-state index in [0.717, 1.165) is 6.07 Å². The minimum atomic E-state index is -4.44. The molecule has 0 aliphatic carbocycles. The monoisotopic (exact) mass is 275 g/mol. The highest BCUT2D eigenvalue weighted by atomic mass is 19.4. The highest BCUT2D eigenvalue weighted by Gasteiger charge is 2.33. The number of para-hydroxylation sites is 1. The van der Waals surface area contributed by atoms with Crippen molar-refractivity contribution in [1.82, 2.24) is 15.2 Å². The molecule has 2 heterocycles. The van der Waals surface area contributed by atoms with Crippen molar-refractivity contribution in [3.63, 3.8) is 0 Å². The molecule has 0 aliphatic heterocycles. The number of halogens is 3. The molecule has 3 nitrogen and oxygen atoms in total. The molecule has 0 aliphatic rings. The Morgan fingerprint density at radius 1 is 0.900 bits per heavy atom. The second kappa shape index (κ2) is 4.56. The van der Waals surface area contributed by atoms with Crippen LogP contribution < -0.4 is 0 Å². The van der Waals surface area contributed by atoms with Crippen LogP contribution in [0.15, 0.2) is 48.7 Å². The van der Waals surface area contributed by atoms with Gasteiger partial charge in [-0.2, -0.15) is 18.3 Å². The average Bonchev–Trinajstić information content (AvgIpc) is 2.46. The van der Waals surface area contributed by atoms with Crippen LogP contribution in [0.25, 0.3) is 22.3 Å². The second-order valence-electron chi connectivity index (χ2n) is 4.18. The van der Waals surface area contributed by atoms with Crippen LogP contribution >= 0.6 is 0 Å². The fourth-order valence-electron chi connectivity index (χ4n) is 1.98. The molecule has 0 saturated carbocycles. The molecule has 20 heavy (non-hydrogen) atoms. The maximum atomic E-state index is 13.1. The van der Waals surface area contributed by atoms with E-state index in [-0.39, 0.29) is 16.6 Å². The van der Waals surface area contributed by atoms with Gasteiger partial charge in [-0.3, -0.25) is 0 Å². The molecular weight excluding hydrogens is 267 g/mol. The molecule has 0 bridgehead atoms. The molecule has 6 heteroatoms. The Balaban J connectivity index is 2.31. The van der Waals surface area contributed by atoms with Crippen LogP contribution in [-0.4, -0.2) is 15.2 Å². The Labute approximate surface area is 112 Å². The van der Waals surface area contributed by atoms with E-state index in [2.05, 4.69) is 15.2 Å². The lowest BCUT2D eigenvalue weighted by molar-refractivity contribution is -0.136. The Morgan fingerprint density at radius 2 is 1.70 bits per heavy atom. The number of hydrogen-bond donors (Lipinski definition) is 0. The first-order valence-electron chi connectivity index (χ1n) is 5.81. The standard InChI is InChI=1S/C14H8F3N3/c15-14(16,17)10-8-13(12-6-3-7-18-20-12)19-11-5-2-1-4-9(10)11/h1-8H. The van der Waals surface area contributed by atoms with Crippen LogP contribution in [0.4, 0.5) is 13.2 Å². The van der Waals surface area contributed by atoms with E-state index in [9.17, 15) is 13.2 Å². The number of rotatable bonds is 1. The number of pyridine rings is 1. The summed E-state index contributed by atoms with van der Waals surface area (Å²) in [4.78, 5) is 4.22. The zero-order chi connectivity index (χ0) is 14.2. The molecule has 0 amide bonds. The van der Waals surface area contributed by atoms with Crippen molar-refractivity contribution < 1.29 is 13.2 Å². The maximum Gasteiger partial charge on any atom is 0.417 e. The van der Waals surface area contributed by atoms with E-state index in [0.29, 0.717) is 5.69 Å². The van der Waals surface area contributed by atoms with Gasteiger partial charge >= 0.3 is 6.18 Å². The summed E-state index contributed by atoms with van der Waals surface area (Å²) >= 11 is 0. The topological polar surface area (TPSA) is 38.7 Å². The third-order valence-electron chi connectivity index (χ3n) is 2.86. The zero-order valence-electron chi connectivity index (χ0n) is 10.1. The van der Waals surface area contributed by atoms with Gasteiger partial charge in [-0.1, -0.05) is 18.2 Å². The molecule has 0 spiro atoms. The summed E-state index contributed by atoms with van der Waals surface area (Å²) < 4.78 is 39.4. The van der Waals surface area contributed by atoms with E-state index in [4.69, 9.17) is 0 Å². The van der Waals surface area contributed by atoms with Gasteiger partial charge in [-0.05, 0) is 24.3 Å². The summed E-state index contributed by atoms with van der Waals surface area (Å²) in [5.41, 5.74) is 0.0274. The normalized spacial score (nSPS) is 11.8. The van der Waals surface area contributed by atoms with Crippen molar-refractivity contribution in [3.8, 4) is 11.4 Å². The number of hydrogen-bond acceptors (Lipinski definition) is 3. The number of fused-ring (bicyclic) bond motifs is 1. The minimum absolute atomic E-state index is 0.0765. The lowest BCUT2D eigenvalue weighted by Gasteiger charge is -2.11. The van der Waals surface area contributed by atoms with Gasteiger partial charge in [-0.15, -0.1) is 5.10 Å². The van der Waals surface area contributed by atoms with Gasteiger partial charge in [-0.25, -0.2) is 4.98 Å². The van der Waals surface area contributed by atoms with Crippen LogP contribution in [0.3, 0.4) is 0 Å². The first kappa shape index (κ1) is 12.5. The third-order valence-corrected chi connectivity index (χ3v) is 2.86. The molecule has 0 atom stereocenters. The van der Waals surface area contributed by atoms with Crippen molar-refractivity contribution >= 4 is 10.9 Å². The van der Waals surface area contributed by atoms with Crippen molar-refractivity contribution in [3.05, 3.63) is 54.2 Å². The van der Waals surface area contributed by atoms with Crippen molar-refractivity contribution in [1.29, 1.82) is 0 Å². The molecular formula is C14H8F3N3. The molecule has 0 radical (unpaired) electrons. The lowest BCUT2D eigenvalue weighted by atomic mass is 10.1. The number of alkyl halides is 3. The van der Waals surface area contributed by atoms with Crippen LogP contribution in [0.1, 0.15) is 5.56 Å². The molecule has 2 aromatic heterocycles. The fourth-order valence-corrected chi connectivity index (χ4v) is 1.98. The van der Waals surface area contributed by atoms with E-state index >= 15 is 0 Å². The smallest absolute Gasteiger partial charge is 0.246 e. The maximum absolute atomic E-state index is 13.1. The first-order chi connectivity index (χ1) is 9.55. The zero-order valence-corrected chi connectivity index (χ0v) is 10.1. The Hall–Kier alpha value is -2.50. The highest BCUT2D eigenvalue weighted by molar-refractivity contribution is 5.85. The summed E-state index contributed by atoms with van der Waals surface area (Å²) in [6.45, 7) is 0. The van der Waals surface area contributed by atoms with Crippen molar-refractivity contribution in [2.24, 2.45) is 0 Å². The SMILES string of the molecule is FC(F)(F)c1cc(-c2cccnn2)nc2ccccc12. The van der Waals surface area contributed by atoms with E-state index in [1.807, 2.05) is 0 Å². The summed E-state index contributed by atoms with van der Waals surface area (Å²) in [7, 11) is 0. The van der Waals surface area contributed by atoms with Crippen LogP contribution in [-0.2, 0) is 6.18 Å². The van der Waals surface area contributed by atoms with Gasteiger partial charge in [0, 0.05) is 11.6 Å². The van der Waals surface area contributed by atoms with Gasteiger partial charge in [0.15, 0.2) is 0 Å². The fraction of sp³-hybridized carbons (Fsp3) is 0.0714. The summed E-state index contributed by atoms with van der Waals surface area (Å²) in [5, 5.41) is 7.54. The molecule has 1 aromatic carbocycles. The third kappa shape index (κ3) is 2.20. The number of benzene rings is 1. The van der Waals surface area contributed by atoms with Gasteiger partial charge < -0.3 is 0 Å². The summed E-state index contributed by atoms with van der Waals surface area (Å²) in [5.74, 6) is 0. The van der Waals surface area contributed by atoms with Gasteiger partial charge in [0.25, 0.3) is 0 Å². The minimum Gasteiger partial charge on any atom is -0.246 e. The van der Waals surface area contributed by atoms with E-state index in [1.54, 1.807) is 30.3 Å². The number of aromatic nitrogens is 3. The molecule has 0 unspecified atom stereocenters. The lowest BCUT2D eigenvalue weighted by Crippen LogP contribution is -2.07. The second-order valence-corrected chi connectivity index (χ2v) is 4.18. The van der Waals surface area contributed by atoms with Crippen molar-refractivity contribution in [2.75, 3.05) is 0 Å². The molecule has 3 rings (SSSR count). The predicted molar refractivity (Wildman–Crippen MR) is 67.8 cm³/mol. The van der Waals surface area contributed by atoms with Crippen LogP contribution in [0.2, 0.25) is 0 Å². The van der Waals surface area contributed by atoms with Crippen LogP contribution in [0.5, 0.6) is 0 Å². The first-order valence-corrected chi connectivity index (χ1v) is 5.81. The molecule has 3 aromatic rings. The molecule has 100 valence electrons. The predicted octanol–water partition coefficient (Wildman–Crippen LogP) is 3.71. The Bertz CT molecular complexity index is 754. The van der Waals surface area contributed by atoms with Crippen molar-refractivity contribution in [2.45, 2.75) is 6.18 Å². The molecule has 0 fully saturated rings. The summed E-state index contributed by atoms with van der Waals surface area (Å²) in [6.07, 6.45) is -2.99. The Kier molecular flexibility index (Phi) is 2.85. The average molecular weight is 275 g/mol. The van der Waals surface area contributed by atoms with E-state index < -0.39 is 11.7 Å². The largest absolute Gasteiger partial charge is 0.417 e. The summed E-state index contributed by atoms with van der Waals surface area (Å²) in [6, 6.07) is 10.3. The van der Waals surface area contributed by atoms with Gasteiger partial charge in [0.1, 0.15) is 5.69 Å². The van der Waals surface area contributed by atoms with Gasteiger partial charge in [0.2, 0.25) is 0 Å².